The van der Waals surface area contributed by atoms with Crippen LogP contribution in [0.5, 0.6) is 34.5 Å². The van der Waals surface area contributed by atoms with Crippen molar-refractivity contribution in [3.05, 3.63) is 96.1 Å². The third-order valence-electron chi connectivity index (χ3n) is 15.3. The lowest BCUT2D eigenvalue weighted by Crippen LogP contribution is -2.51. The number of nitrogens with zero attached hydrogens (tertiary/aromatic N) is 3. The highest BCUT2D eigenvalue weighted by atomic mass is 32.2. The molecule has 0 spiro atoms. The summed E-state index contributed by atoms with van der Waals surface area (Å²) in [7, 11) is -4.74. The van der Waals surface area contributed by atoms with Gasteiger partial charge in [0.05, 0.1) is 72.3 Å². The van der Waals surface area contributed by atoms with Gasteiger partial charge >= 0.3 is 12.2 Å². The van der Waals surface area contributed by atoms with E-state index in [0.29, 0.717) is 54.8 Å². The fraction of sp³-hybridized carbons (Fsp3) is 0.542. The maximum atomic E-state index is 13.9. The molecular formula is C59H78N6O20S2. The van der Waals surface area contributed by atoms with Crippen LogP contribution in [0.15, 0.2) is 94.7 Å². The molecule has 6 aliphatic rings. The molecule has 26 nitrogen and oxygen atoms in total. The number of benzene rings is 4. The highest BCUT2D eigenvalue weighted by molar-refractivity contribution is 7.89. The summed E-state index contributed by atoms with van der Waals surface area (Å²) < 4.78 is 118. The molecule has 10 rings (SSSR count). The Labute approximate surface area is 506 Å². The van der Waals surface area contributed by atoms with E-state index >= 15 is 0 Å². The van der Waals surface area contributed by atoms with Crippen LogP contribution >= 0.6 is 0 Å². The lowest BCUT2D eigenvalue weighted by molar-refractivity contribution is -0.0909. The molecular weight excluding hydrogens is 1180 g/mol. The summed E-state index contributed by atoms with van der Waals surface area (Å²) in [6.07, 6.45) is -4.18. The first-order valence-corrected chi connectivity index (χ1v) is 31.8. The predicted molar refractivity (Wildman–Crippen MR) is 310 cm³/mol. The van der Waals surface area contributed by atoms with E-state index in [0.717, 1.165) is 11.1 Å². The first-order chi connectivity index (χ1) is 41.5. The summed E-state index contributed by atoms with van der Waals surface area (Å²) in [5.74, 6) is 1.84. The number of phenolic OH excluding ortho intramolecular Hbond substituents is 1. The van der Waals surface area contributed by atoms with Crippen molar-refractivity contribution in [3.8, 4) is 34.5 Å². The van der Waals surface area contributed by atoms with Crippen molar-refractivity contribution in [1.29, 1.82) is 5.41 Å². The van der Waals surface area contributed by atoms with Crippen LogP contribution in [0.2, 0.25) is 0 Å². The molecule has 0 bridgehead atoms. The minimum atomic E-state index is -4.08. The first-order valence-electron chi connectivity index (χ1n) is 28.9. The van der Waals surface area contributed by atoms with E-state index in [1.165, 1.54) is 56.0 Å². The molecule has 6 heterocycles. The van der Waals surface area contributed by atoms with Crippen LogP contribution in [-0.2, 0) is 61.3 Å². The zero-order valence-corrected chi connectivity index (χ0v) is 51.0. The van der Waals surface area contributed by atoms with Gasteiger partial charge in [-0.3, -0.25) is 5.41 Å². The number of phenols is 1. The zero-order chi connectivity index (χ0) is 62.2. The van der Waals surface area contributed by atoms with E-state index in [4.69, 9.17) is 57.5 Å². The van der Waals surface area contributed by atoms with Crippen molar-refractivity contribution < 1.29 is 93.8 Å². The molecule has 0 aromatic heterocycles. The molecule has 28 heteroatoms. The normalized spacial score (nSPS) is 22.3. The standard InChI is InChI=1S/C31H42N4O10S.C28H36N2O10S/c1-19(2)15-35(46(38,39)22-9-10-26-27(14-22)43-18-42-26)16-25(36)24(13-20-5-7-21(8-6-20)44-30(32)34(3)4)33-31(37)45-28-17-41-29-23(28)11-12-40-29;1-17(2)13-30(41(34,35)20-7-8-24-25(12-20)39-16-38-24)14-23(32)22(11-18-3-5-19(31)6-4-18)29-28(33)40-26-15-37-27-21(26)9-10-36-27/h5-10,14,19,23-25,28-29,32,36H,11-13,15-18H2,1-4H3,(H,33,37);3-8,12,17,21-23,26-27,31-32H,9-11,13-16H2,1-2H3,(H,29,33)/t23-,24-,25+,28-,29+;21-,22-,23+,26-,27+/m00/s1. The predicted octanol–water partition coefficient (Wildman–Crippen LogP) is 4.62. The number of sulfonamides is 2. The smallest absolute Gasteiger partial charge is 0.407 e. The van der Waals surface area contributed by atoms with Crippen LogP contribution in [-0.4, -0.2) is 193 Å². The fourth-order valence-electron chi connectivity index (χ4n) is 10.7. The molecule has 0 aliphatic carbocycles. The van der Waals surface area contributed by atoms with E-state index in [1.54, 1.807) is 56.6 Å². The number of hydrogen-bond acceptors (Lipinski definition) is 21. The number of carbonyl (C=O) groups excluding carboxylic acids is 2. The van der Waals surface area contributed by atoms with E-state index in [2.05, 4.69) is 10.6 Å². The molecule has 4 saturated heterocycles. The Morgan fingerprint density at radius 3 is 1.43 bits per heavy atom. The van der Waals surface area contributed by atoms with Crippen molar-refractivity contribution in [2.24, 2.45) is 23.7 Å². The van der Waals surface area contributed by atoms with Gasteiger partial charge in [0.15, 0.2) is 35.6 Å². The molecule has 4 aromatic rings. The van der Waals surface area contributed by atoms with Gasteiger partial charge in [-0.2, -0.15) is 8.61 Å². The molecule has 2 amide bonds. The van der Waals surface area contributed by atoms with Gasteiger partial charge in [-0.1, -0.05) is 52.0 Å². The van der Waals surface area contributed by atoms with Crippen molar-refractivity contribution in [1.82, 2.24) is 24.1 Å². The van der Waals surface area contributed by atoms with E-state index in [-0.39, 0.29) is 111 Å². The summed E-state index contributed by atoms with van der Waals surface area (Å²) >= 11 is 0. The summed E-state index contributed by atoms with van der Waals surface area (Å²) in [6, 6.07) is 20.1. The lowest BCUT2D eigenvalue weighted by atomic mass is 10.0. The Kier molecular flexibility index (Phi) is 21.3. The molecule has 476 valence electrons. The van der Waals surface area contributed by atoms with Gasteiger partial charge in [0.1, 0.15) is 23.7 Å². The van der Waals surface area contributed by atoms with Crippen molar-refractivity contribution in [2.75, 3.05) is 80.3 Å². The number of rotatable bonds is 23. The molecule has 10 atom stereocenters. The van der Waals surface area contributed by atoms with Gasteiger partial charge in [0.25, 0.3) is 6.02 Å². The Bertz CT molecular complexity index is 3230. The van der Waals surface area contributed by atoms with E-state index < -0.39 is 81.3 Å². The second kappa shape index (κ2) is 28.6. The van der Waals surface area contributed by atoms with E-state index in [9.17, 15) is 41.7 Å². The number of aliphatic hydroxyl groups excluding tert-OH is 2. The van der Waals surface area contributed by atoms with Gasteiger partial charge in [-0.25, -0.2) is 26.4 Å². The average molecular weight is 1260 g/mol. The number of aromatic hydroxyl groups is 1. The SMILES string of the molecule is CC(C)CN(C[C@@H](O)[C@H](Cc1ccc(O)cc1)NC(=O)O[C@H]1CO[C@H]2OCC[C@H]21)S(=O)(=O)c1ccc2c(c1)OCO2.CC(C)CN(C[C@@H](O)[C@H](Cc1ccc(OC(=N)N(C)C)cc1)NC(=O)O[C@H]1CO[C@H]2OCC[C@H]21)S(=O)(=O)c1ccc2c(c1)OCO2. The number of ether oxygens (including phenoxy) is 11. The molecule has 4 aromatic carbocycles. The molecule has 87 heavy (non-hydrogen) atoms. The summed E-state index contributed by atoms with van der Waals surface area (Å²) in [5.41, 5.74) is 1.45. The maximum Gasteiger partial charge on any atom is 0.407 e. The molecule has 4 fully saturated rings. The molecule has 6 N–H and O–H groups in total. The van der Waals surface area contributed by atoms with Gasteiger partial charge in [-0.15, -0.1) is 0 Å². The highest BCUT2D eigenvalue weighted by Gasteiger charge is 2.46. The first kappa shape index (κ1) is 64.7. The van der Waals surface area contributed by atoms with Crippen LogP contribution in [0.3, 0.4) is 0 Å². The number of aliphatic hydroxyl groups is 2. The summed E-state index contributed by atoms with van der Waals surface area (Å²) in [6.45, 7) is 8.66. The largest absolute Gasteiger partial charge is 0.508 e. The van der Waals surface area contributed by atoms with E-state index in [1.807, 2.05) is 27.7 Å². The third-order valence-corrected chi connectivity index (χ3v) is 19.0. The third kappa shape index (κ3) is 16.5. The highest BCUT2D eigenvalue weighted by Crippen LogP contribution is 2.38. The fourth-order valence-corrected chi connectivity index (χ4v) is 14.0. The van der Waals surface area contributed by atoms with Crippen molar-refractivity contribution in [3.63, 3.8) is 0 Å². The van der Waals surface area contributed by atoms with Gasteiger partial charge in [0.2, 0.25) is 33.6 Å². The van der Waals surface area contributed by atoms with Crippen LogP contribution in [0, 0.1) is 29.1 Å². The zero-order valence-electron chi connectivity index (χ0n) is 49.4. The molecule has 0 saturated carbocycles. The quantitative estimate of drug-likeness (QED) is 0.0436. The maximum absolute atomic E-state index is 13.9. The van der Waals surface area contributed by atoms with Crippen LogP contribution in [0.25, 0.3) is 0 Å². The minimum absolute atomic E-state index is 0.00182. The monoisotopic (exact) mass is 1250 g/mol. The number of amidine groups is 1. The Morgan fingerprint density at radius 1 is 0.598 bits per heavy atom. The average Bonchev–Trinajstić information content (AvgIpc) is 2.27. The number of hydrogen-bond donors (Lipinski definition) is 6. The number of amides is 2. The second-order valence-corrected chi connectivity index (χ2v) is 26.9. The second-order valence-electron chi connectivity index (χ2n) is 23.1. The number of carbonyl (C=O) groups is 2. The van der Waals surface area contributed by atoms with Crippen LogP contribution in [0.1, 0.15) is 51.7 Å². The summed E-state index contributed by atoms with van der Waals surface area (Å²) in [4.78, 5) is 27.7. The Morgan fingerprint density at radius 2 is 1.01 bits per heavy atom. The van der Waals surface area contributed by atoms with Gasteiger partial charge in [-0.05, 0) is 97.2 Å². The Balaban J connectivity index is 0.000000209. The summed E-state index contributed by atoms with van der Waals surface area (Å²) in [5, 5.41) is 46.1. The number of alkyl carbamates (subject to hydrolysis) is 2. The molecule has 0 radical (unpaired) electrons. The minimum Gasteiger partial charge on any atom is -0.508 e. The number of nitrogens with one attached hydrogen (secondary N) is 3. The van der Waals surface area contributed by atoms with Crippen molar-refractivity contribution in [2.45, 2.75) is 112 Å². The molecule has 6 aliphatic heterocycles. The topological polar surface area (TPSA) is 322 Å². The van der Waals surface area contributed by atoms with Crippen LogP contribution in [0.4, 0.5) is 9.59 Å². The van der Waals surface area contributed by atoms with Crippen LogP contribution < -0.4 is 34.3 Å². The van der Waals surface area contributed by atoms with Crippen molar-refractivity contribution >= 4 is 38.3 Å². The lowest BCUT2D eigenvalue weighted by Gasteiger charge is -2.31. The Hall–Kier alpha value is -6.73. The number of fused-ring (bicyclic) bond motifs is 4. The molecule has 0 unspecified atom stereocenters. The van der Waals surface area contributed by atoms with Gasteiger partial charge < -0.3 is 83.0 Å². The van der Waals surface area contributed by atoms with Gasteiger partial charge in [0, 0.05) is 52.4 Å².